The van der Waals surface area contributed by atoms with Gasteiger partial charge in [-0.05, 0) is 109 Å². The van der Waals surface area contributed by atoms with Gasteiger partial charge in [0.25, 0.3) is 5.91 Å². The van der Waals surface area contributed by atoms with Crippen molar-refractivity contribution in [1.29, 1.82) is 0 Å². The number of hydrogen-bond donors (Lipinski definition) is 2. The van der Waals surface area contributed by atoms with Crippen LogP contribution in [0, 0.1) is 13.8 Å². The van der Waals surface area contributed by atoms with E-state index in [0.717, 1.165) is 17.1 Å². The summed E-state index contributed by atoms with van der Waals surface area (Å²) in [6.07, 6.45) is 1.46. The van der Waals surface area contributed by atoms with Crippen molar-refractivity contribution in [1.82, 2.24) is 9.99 Å². The van der Waals surface area contributed by atoms with Crippen molar-refractivity contribution >= 4 is 39.6 Å². The molecule has 0 radical (unpaired) electrons. The van der Waals surface area contributed by atoms with Gasteiger partial charge < -0.3 is 28.5 Å². The first-order chi connectivity index (χ1) is 22.3. The number of nitrogens with one attached hydrogen (secondary N) is 2. The minimum atomic E-state index is -0.519. The van der Waals surface area contributed by atoms with E-state index in [4.69, 9.17) is 18.6 Å². The smallest absolute Gasteiger partial charge is 0.307 e. The zero-order valence-electron chi connectivity index (χ0n) is 25.6. The molecule has 46 heavy (non-hydrogen) atoms. The molecular weight excluding hydrogens is 652 g/mol. The summed E-state index contributed by atoms with van der Waals surface area (Å²) in [6.45, 7) is 6.30. The van der Waals surface area contributed by atoms with Crippen LogP contribution in [0.25, 0.3) is 5.69 Å². The second-order valence-electron chi connectivity index (χ2n) is 10.2. The fourth-order valence-electron chi connectivity index (χ4n) is 4.61. The number of amides is 2. The Balaban J connectivity index is 1.14. The summed E-state index contributed by atoms with van der Waals surface area (Å²) in [4.78, 5) is 25.0. The predicted molar refractivity (Wildman–Crippen MR) is 179 cm³/mol. The number of anilines is 1. The van der Waals surface area contributed by atoms with Crippen LogP contribution >= 0.6 is 15.9 Å². The van der Waals surface area contributed by atoms with Crippen LogP contribution < -0.4 is 25.0 Å². The first kappa shape index (κ1) is 32.1. The molecule has 2 heterocycles. The topological polar surface area (TPSA) is 116 Å². The van der Waals surface area contributed by atoms with Crippen molar-refractivity contribution in [2.75, 3.05) is 18.5 Å². The van der Waals surface area contributed by atoms with Gasteiger partial charge >= 0.3 is 5.91 Å². The quantitative estimate of drug-likeness (QED) is 0.100. The first-order valence-corrected chi connectivity index (χ1v) is 15.3. The van der Waals surface area contributed by atoms with E-state index in [2.05, 4.69) is 62.3 Å². The van der Waals surface area contributed by atoms with Gasteiger partial charge in [-0.2, -0.15) is 5.10 Å². The third-order valence-corrected chi connectivity index (χ3v) is 7.47. The highest BCUT2D eigenvalue weighted by Gasteiger charge is 2.14. The van der Waals surface area contributed by atoms with E-state index in [0.29, 0.717) is 45.3 Å². The monoisotopic (exact) mass is 684 g/mol. The molecule has 3 aromatic carbocycles. The molecule has 5 rings (SSSR count). The fourth-order valence-corrected chi connectivity index (χ4v) is 5.03. The molecule has 0 spiro atoms. The molecule has 5 aromatic rings. The second kappa shape index (κ2) is 15.1. The van der Waals surface area contributed by atoms with Gasteiger partial charge in [0.2, 0.25) is 0 Å². The van der Waals surface area contributed by atoms with E-state index < -0.39 is 5.91 Å². The third kappa shape index (κ3) is 8.24. The second-order valence-corrected chi connectivity index (χ2v) is 11.0. The minimum Gasteiger partial charge on any atom is -0.490 e. The minimum absolute atomic E-state index is 0.0938. The Hall–Kier alpha value is -5.29. The van der Waals surface area contributed by atoms with Gasteiger partial charge in [-0.3, -0.25) is 9.59 Å². The fraction of sp³-hybridized carbons (Fsp3) is 0.171. The summed E-state index contributed by atoms with van der Waals surface area (Å²) in [6, 6.07) is 27.7. The Morgan fingerprint density at radius 2 is 1.61 bits per heavy atom. The molecule has 0 aliphatic carbocycles. The lowest BCUT2D eigenvalue weighted by molar-refractivity contribution is -0.118. The van der Waals surface area contributed by atoms with Crippen LogP contribution in [0.3, 0.4) is 0 Å². The maximum Gasteiger partial charge on any atom is 0.307 e. The predicted octanol–water partition coefficient (Wildman–Crippen LogP) is 7.21. The van der Waals surface area contributed by atoms with Crippen molar-refractivity contribution in [2.45, 2.75) is 27.4 Å². The Labute approximate surface area is 275 Å². The number of aromatic nitrogens is 1. The summed E-state index contributed by atoms with van der Waals surface area (Å²) in [5.74, 6) is 1.25. The maximum atomic E-state index is 12.7. The zero-order valence-corrected chi connectivity index (χ0v) is 27.2. The van der Waals surface area contributed by atoms with Gasteiger partial charge in [0.05, 0.1) is 12.8 Å². The lowest BCUT2D eigenvalue weighted by Gasteiger charge is -2.14. The zero-order chi connectivity index (χ0) is 32.5. The Bertz CT molecular complexity index is 1810. The van der Waals surface area contributed by atoms with E-state index in [1.165, 1.54) is 6.21 Å². The molecule has 0 saturated carbocycles. The van der Waals surface area contributed by atoms with Crippen LogP contribution in [0.2, 0.25) is 0 Å². The van der Waals surface area contributed by atoms with Crippen LogP contribution in [-0.4, -0.2) is 35.8 Å². The van der Waals surface area contributed by atoms with Gasteiger partial charge in [-0.1, -0.05) is 18.2 Å². The molecule has 10 nitrogen and oxygen atoms in total. The van der Waals surface area contributed by atoms with Crippen LogP contribution in [-0.2, 0) is 11.4 Å². The van der Waals surface area contributed by atoms with E-state index in [9.17, 15) is 9.59 Å². The standard InChI is InChI=1S/C35H33BrN4O6/c1-4-43-32-18-25(30(36)19-33(32)45-22-34(41)38-26-8-6-5-7-9-26)20-37-39-35(42)31-17-16-29(46-31)21-44-28-14-12-27(13-15-28)40-23(2)10-11-24(40)3/h5-20H,4,21-22H2,1-3H3,(H,38,41)(H,39,42)/b37-20+. The van der Waals surface area contributed by atoms with Crippen LogP contribution in [0.15, 0.2) is 105 Å². The third-order valence-electron chi connectivity index (χ3n) is 6.78. The number of aryl methyl sites for hydroxylation is 2. The Kier molecular flexibility index (Phi) is 10.6. The number of carbonyl (C=O) groups excluding carboxylic acids is 2. The normalized spacial score (nSPS) is 11.0. The summed E-state index contributed by atoms with van der Waals surface area (Å²) >= 11 is 3.49. The number of furan rings is 1. The van der Waals surface area contributed by atoms with Gasteiger partial charge in [0.15, 0.2) is 23.9 Å². The van der Waals surface area contributed by atoms with Gasteiger partial charge in [-0.15, -0.1) is 0 Å². The first-order valence-electron chi connectivity index (χ1n) is 14.5. The highest BCUT2D eigenvalue weighted by Crippen LogP contribution is 2.33. The summed E-state index contributed by atoms with van der Waals surface area (Å²) in [5.41, 5.74) is 7.13. The average molecular weight is 686 g/mol. The largest absolute Gasteiger partial charge is 0.490 e. The summed E-state index contributed by atoms with van der Waals surface area (Å²) in [7, 11) is 0. The van der Waals surface area contributed by atoms with E-state index in [-0.39, 0.29) is 24.9 Å². The van der Waals surface area contributed by atoms with Crippen LogP contribution in [0.5, 0.6) is 17.2 Å². The molecule has 0 aliphatic rings. The number of ether oxygens (including phenoxy) is 3. The molecule has 0 bridgehead atoms. The van der Waals surface area contributed by atoms with E-state index >= 15 is 0 Å². The molecule has 11 heteroatoms. The van der Waals surface area contributed by atoms with E-state index in [1.54, 1.807) is 36.4 Å². The van der Waals surface area contributed by atoms with Gasteiger partial charge in [0.1, 0.15) is 18.1 Å². The lowest BCUT2D eigenvalue weighted by Crippen LogP contribution is -2.20. The summed E-state index contributed by atoms with van der Waals surface area (Å²) < 4.78 is 25.8. The molecule has 2 N–H and O–H groups in total. The summed E-state index contributed by atoms with van der Waals surface area (Å²) in [5, 5.41) is 6.84. The highest BCUT2D eigenvalue weighted by molar-refractivity contribution is 9.10. The Morgan fingerprint density at radius 3 is 2.33 bits per heavy atom. The number of halogens is 1. The molecule has 2 aromatic heterocycles. The lowest BCUT2D eigenvalue weighted by atomic mass is 10.2. The van der Waals surface area contributed by atoms with Crippen molar-refractivity contribution in [3.05, 3.63) is 124 Å². The van der Waals surface area contributed by atoms with E-state index in [1.807, 2.05) is 49.4 Å². The molecule has 0 saturated heterocycles. The number of rotatable bonds is 13. The van der Waals surface area contributed by atoms with Crippen molar-refractivity contribution < 1.29 is 28.2 Å². The average Bonchev–Trinajstić information content (AvgIpc) is 3.67. The van der Waals surface area contributed by atoms with Crippen molar-refractivity contribution in [3.8, 4) is 22.9 Å². The number of nitrogens with zero attached hydrogens (tertiary/aromatic N) is 2. The molecule has 0 aliphatic heterocycles. The molecule has 2 amide bonds. The number of hydrogen-bond acceptors (Lipinski definition) is 7. The number of carbonyl (C=O) groups is 2. The number of para-hydroxylation sites is 1. The van der Waals surface area contributed by atoms with Crippen LogP contribution in [0.4, 0.5) is 5.69 Å². The van der Waals surface area contributed by atoms with Crippen LogP contribution in [0.1, 0.15) is 40.2 Å². The molecule has 0 fully saturated rings. The van der Waals surface area contributed by atoms with Crippen molar-refractivity contribution in [2.24, 2.45) is 5.10 Å². The molecule has 0 atom stereocenters. The van der Waals surface area contributed by atoms with Crippen molar-refractivity contribution in [3.63, 3.8) is 0 Å². The number of hydrazone groups is 1. The maximum absolute atomic E-state index is 12.7. The highest BCUT2D eigenvalue weighted by atomic mass is 79.9. The Morgan fingerprint density at radius 1 is 0.891 bits per heavy atom. The van der Waals surface area contributed by atoms with Gasteiger partial charge in [-0.25, -0.2) is 5.43 Å². The molecule has 0 unspecified atom stereocenters. The SMILES string of the molecule is CCOc1cc(/C=N/NC(=O)c2ccc(COc3ccc(-n4c(C)ccc4C)cc3)o2)c(Br)cc1OCC(=O)Nc1ccccc1. The molecular formula is C35H33BrN4O6. The number of benzene rings is 3. The molecule has 236 valence electrons. The van der Waals surface area contributed by atoms with Gasteiger partial charge in [0, 0.05) is 32.8 Å².